The second kappa shape index (κ2) is 6.22. The lowest BCUT2D eigenvalue weighted by Crippen LogP contribution is -2.47. The Morgan fingerprint density at radius 3 is 3.00 bits per heavy atom. The van der Waals surface area contributed by atoms with Gasteiger partial charge in [-0.2, -0.15) is 0 Å². The third-order valence-electron chi connectivity index (χ3n) is 1.84. The molecule has 0 aliphatic rings. The first-order valence-corrected chi connectivity index (χ1v) is 7.00. The van der Waals surface area contributed by atoms with Crippen molar-refractivity contribution in [2.24, 2.45) is 0 Å². The Kier molecular flexibility index (Phi) is 5.24. The standard InChI is InChI=1S/C10H16N2O2S2/c1-10(2,6-13)12-9(14)5-15-3-8-4-16-7-11-8/h4,7,13H,3,5-6H2,1-2H3,(H,12,14). The first kappa shape index (κ1) is 13.5. The van der Waals surface area contributed by atoms with Crippen LogP contribution in [0.4, 0.5) is 0 Å². The number of aliphatic hydroxyl groups is 1. The van der Waals surface area contributed by atoms with Gasteiger partial charge in [0.05, 0.1) is 29.1 Å². The minimum absolute atomic E-state index is 0.0562. The van der Waals surface area contributed by atoms with E-state index in [9.17, 15) is 4.79 Å². The van der Waals surface area contributed by atoms with Crippen LogP contribution in [0.5, 0.6) is 0 Å². The van der Waals surface area contributed by atoms with Gasteiger partial charge in [-0.1, -0.05) is 0 Å². The molecule has 90 valence electrons. The molecule has 1 rings (SSSR count). The highest BCUT2D eigenvalue weighted by molar-refractivity contribution is 7.99. The molecule has 4 nitrogen and oxygen atoms in total. The molecule has 1 heterocycles. The maximum Gasteiger partial charge on any atom is 0.230 e. The predicted octanol–water partition coefficient (Wildman–Crippen LogP) is 1.26. The van der Waals surface area contributed by atoms with Crippen LogP contribution in [0, 0.1) is 0 Å². The van der Waals surface area contributed by atoms with Crippen LogP contribution in [0.3, 0.4) is 0 Å². The molecule has 0 radical (unpaired) electrons. The molecule has 0 atom stereocenters. The lowest BCUT2D eigenvalue weighted by molar-refractivity contribution is -0.120. The van der Waals surface area contributed by atoms with Gasteiger partial charge in [-0.25, -0.2) is 4.98 Å². The molecule has 0 bridgehead atoms. The van der Waals surface area contributed by atoms with Crippen LogP contribution in [0.15, 0.2) is 10.9 Å². The third-order valence-corrected chi connectivity index (χ3v) is 3.44. The number of nitrogens with zero attached hydrogens (tertiary/aromatic N) is 1. The number of rotatable bonds is 6. The molecule has 2 N–H and O–H groups in total. The monoisotopic (exact) mass is 260 g/mol. The largest absolute Gasteiger partial charge is 0.394 e. The van der Waals surface area contributed by atoms with E-state index in [-0.39, 0.29) is 12.5 Å². The summed E-state index contributed by atoms with van der Waals surface area (Å²) in [5.74, 6) is 1.08. The van der Waals surface area contributed by atoms with Gasteiger partial charge in [0.15, 0.2) is 0 Å². The number of thioether (sulfide) groups is 1. The molecule has 0 saturated carbocycles. The van der Waals surface area contributed by atoms with E-state index in [0.29, 0.717) is 5.75 Å². The summed E-state index contributed by atoms with van der Waals surface area (Å²) in [6.07, 6.45) is 0. The first-order valence-electron chi connectivity index (χ1n) is 4.90. The highest BCUT2D eigenvalue weighted by Crippen LogP contribution is 2.12. The zero-order valence-corrected chi connectivity index (χ0v) is 11.0. The molecular formula is C10H16N2O2S2. The van der Waals surface area contributed by atoms with E-state index in [0.717, 1.165) is 11.4 Å². The van der Waals surface area contributed by atoms with Gasteiger partial charge < -0.3 is 10.4 Å². The highest BCUT2D eigenvalue weighted by atomic mass is 32.2. The minimum Gasteiger partial charge on any atom is -0.394 e. The van der Waals surface area contributed by atoms with Gasteiger partial charge in [-0.15, -0.1) is 23.1 Å². The Hall–Kier alpha value is -0.590. The second-order valence-corrected chi connectivity index (χ2v) is 5.77. The summed E-state index contributed by atoms with van der Waals surface area (Å²) in [7, 11) is 0. The molecule has 16 heavy (non-hydrogen) atoms. The van der Waals surface area contributed by atoms with Crippen molar-refractivity contribution >= 4 is 29.0 Å². The van der Waals surface area contributed by atoms with E-state index in [1.165, 1.54) is 11.8 Å². The molecule has 0 unspecified atom stereocenters. The van der Waals surface area contributed by atoms with Crippen molar-refractivity contribution < 1.29 is 9.90 Å². The summed E-state index contributed by atoms with van der Waals surface area (Å²) < 4.78 is 0. The van der Waals surface area contributed by atoms with E-state index in [4.69, 9.17) is 5.11 Å². The molecule has 0 aliphatic heterocycles. The minimum atomic E-state index is -0.543. The molecule has 1 aromatic rings. The Labute approximate surface area is 103 Å². The van der Waals surface area contributed by atoms with E-state index in [2.05, 4.69) is 10.3 Å². The van der Waals surface area contributed by atoms with Crippen molar-refractivity contribution in [1.82, 2.24) is 10.3 Å². The number of thiazole rings is 1. The maximum atomic E-state index is 11.5. The Morgan fingerprint density at radius 2 is 2.44 bits per heavy atom. The number of hydrogen-bond donors (Lipinski definition) is 2. The first-order chi connectivity index (χ1) is 7.53. The summed E-state index contributed by atoms with van der Waals surface area (Å²) in [5, 5.41) is 13.7. The third kappa shape index (κ3) is 4.96. The predicted molar refractivity (Wildman–Crippen MR) is 67.6 cm³/mol. The summed E-state index contributed by atoms with van der Waals surface area (Å²) in [4.78, 5) is 15.6. The lowest BCUT2D eigenvalue weighted by atomic mass is 10.1. The number of hydrogen-bond acceptors (Lipinski definition) is 5. The quantitative estimate of drug-likeness (QED) is 0.808. The number of nitrogens with one attached hydrogen (secondary N) is 1. The fraction of sp³-hybridized carbons (Fsp3) is 0.600. The second-order valence-electron chi connectivity index (χ2n) is 4.06. The topological polar surface area (TPSA) is 62.2 Å². The number of amides is 1. The van der Waals surface area contributed by atoms with Crippen LogP contribution >= 0.6 is 23.1 Å². The van der Waals surface area contributed by atoms with Crippen molar-refractivity contribution in [3.8, 4) is 0 Å². The number of aromatic nitrogens is 1. The summed E-state index contributed by atoms with van der Waals surface area (Å²) in [5.41, 5.74) is 2.24. The van der Waals surface area contributed by atoms with Crippen molar-refractivity contribution in [2.75, 3.05) is 12.4 Å². The van der Waals surface area contributed by atoms with Crippen molar-refractivity contribution in [3.05, 3.63) is 16.6 Å². The summed E-state index contributed by atoms with van der Waals surface area (Å²) >= 11 is 3.07. The van der Waals surface area contributed by atoms with E-state index in [1.54, 1.807) is 30.7 Å². The van der Waals surface area contributed by atoms with Crippen LogP contribution in [0.2, 0.25) is 0 Å². The van der Waals surface area contributed by atoms with Gasteiger partial charge in [0.2, 0.25) is 5.91 Å². The van der Waals surface area contributed by atoms with Gasteiger partial charge in [0.1, 0.15) is 0 Å². The van der Waals surface area contributed by atoms with Crippen LogP contribution in [-0.2, 0) is 10.5 Å². The van der Waals surface area contributed by atoms with Crippen molar-refractivity contribution in [3.63, 3.8) is 0 Å². The van der Waals surface area contributed by atoms with E-state index in [1.807, 2.05) is 5.38 Å². The average molecular weight is 260 g/mol. The summed E-state index contributed by atoms with van der Waals surface area (Å²) in [6.45, 7) is 3.52. The number of carbonyl (C=O) groups is 1. The lowest BCUT2D eigenvalue weighted by Gasteiger charge is -2.23. The summed E-state index contributed by atoms with van der Waals surface area (Å²) in [6, 6.07) is 0. The zero-order chi connectivity index (χ0) is 12.0. The number of aliphatic hydroxyl groups excluding tert-OH is 1. The van der Waals surface area contributed by atoms with Gasteiger partial charge in [-0.05, 0) is 13.8 Å². The molecule has 6 heteroatoms. The Morgan fingerprint density at radius 1 is 1.69 bits per heavy atom. The normalized spacial score (nSPS) is 11.4. The molecule has 0 spiro atoms. The molecule has 0 fully saturated rings. The SMILES string of the molecule is CC(C)(CO)NC(=O)CSCc1cscn1. The number of carbonyl (C=O) groups excluding carboxylic acids is 1. The van der Waals surface area contributed by atoms with E-state index >= 15 is 0 Å². The molecule has 0 saturated heterocycles. The highest BCUT2D eigenvalue weighted by Gasteiger charge is 2.18. The molecule has 0 aliphatic carbocycles. The van der Waals surface area contributed by atoms with Gasteiger partial charge in [-0.3, -0.25) is 4.79 Å². The van der Waals surface area contributed by atoms with Crippen LogP contribution in [0.25, 0.3) is 0 Å². The van der Waals surface area contributed by atoms with Crippen LogP contribution in [0.1, 0.15) is 19.5 Å². The smallest absolute Gasteiger partial charge is 0.230 e. The average Bonchev–Trinajstić information content (AvgIpc) is 2.70. The Balaban J connectivity index is 2.20. The van der Waals surface area contributed by atoms with Crippen LogP contribution < -0.4 is 5.32 Å². The molecule has 0 aromatic carbocycles. The molecular weight excluding hydrogens is 244 g/mol. The fourth-order valence-corrected chi connectivity index (χ4v) is 2.40. The molecule has 1 amide bonds. The zero-order valence-electron chi connectivity index (χ0n) is 9.40. The van der Waals surface area contributed by atoms with Gasteiger partial charge in [0, 0.05) is 11.1 Å². The maximum absolute atomic E-state index is 11.5. The van der Waals surface area contributed by atoms with Crippen LogP contribution in [-0.4, -0.2) is 33.9 Å². The van der Waals surface area contributed by atoms with Crippen molar-refractivity contribution in [1.29, 1.82) is 0 Å². The molecule has 1 aromatic heterocycles. The van der Waals surface area contributed by atoms with E-state index < -0.39 is 5.54 Å². The van der Waals surface area contributed by atoms with Gasteiger partial charge >= 0.3 is 0 Å². The Bertz CT molecular complexity index is 326. The van der Waals surface area contributed by atoms with Gasteiger partial charge in [0.25, 0.3) is 0 Å². The fourth-order valence-electron chi connectivity index (χ4n) is 1.01. The van der Waals surface area contributed by atoms with Crippen molar-refractivity contribution in [2.45, 2.75) is 25.1 Å².